The minimum atomic E-state index is -1.25. The highest BCUT2D eigenvalue weighted by Gasteiger charge is 2.57. The summed E-state index contributed by atoms with van der Waals surface area (Å²) < 4.78 is 0. The topological polar surface area (TPSA) is 102 Å². The molecule has 0 amide bonds. The van der Waals surface area contributed by atoms with Crippen molar-refractivity contribution in [2.75, 3.05) is 20.1 Å². The van der Waals surface area contributed by atoms with Gasteiger partial charge in [0.25, 0.3) is 0 Å². The minimum Gasteiger partial charge on any atom is -0.478 e. The second-order valence-electron chi connectivity index (χ2n) is 7.32. The first-order valence-electron chi connectivity index (χ1n) is 8.76. The van der Waals surface area contributed by atoms with Crippen LogP contribution in [-0.4, -0.2) is 47.2 Å². The number of nitrogens with zero attached hydrogens (tertiary/aromatic N) is 2. The Bertz CT molecular complexity index is 810. The van der Waals surface area contributed by atoms with Gasteiger partial charge < -0.3 is 15.1 Å². The molecule has 2 fully saturated rings. The number of likely N-dealkylation sites (tertiary alicyclic amines) is 1. The first-order valence-corrected chi connectivity index (χ1v) is 8.76. The highest BCUT2D eigenvalue weighted by atomic mass is 16.4. The Kier molecular flexibility index (Phi) is 4.84. The molecule has 2 aliphatic rings. The predicted octanol–water partition coefficient (Wildman–Crippen LogP) is 2.47. The Morgan fingerprint density at radius 1 is 1.31 bits per heavy atom. The number of fused-ring (bicyclic) bond motifs is 1. The van der Waals surface area contributed by atoms with Crippen molar-refractivity contribution >= 4 is 11.9 Å². The van der Waals surface area contributed by atoms with Crippen molar-refractivity contribution in [3.8, 4) is 6.07 Å². The van der Waals surface area contributed by atoms with Crippen LogP contribution in [-0.2, 0) is 9.59 Å². The maximum atomic E-state index is 12.1. The number of aliphatic carboxylic acids is 2. The van der Waals surface area contributed by atoms with E-state index < -0.39 is 17.4 Å². The van der Waals surface area contributed by atoms with Crippen LogP contribution in [0.1, 0.15) is 36.3 Å². The number of hydrogen-bond donors (Lipinski definition) is 2. The molecule has 0 radical (unpaired) electrons. The zero-order valence-electron chi connectivity index (χ0n) is 14.7. The van der Waals surface area contributed by atoms with Gasteiger partial charge in [0.1, 0.15) is 0 Å². The van der Waals surface area contributed by atoms with Gasteiger partial charge in [0, 0.05) is 24.6 Å². The molecule has 26 heavy (non-hydrogen) atoms. The molecule has 0 unspecified atom stereocenters. The molecule has 3 atom stereocenters. The van der Waals surface area contributed by atoms with E-state index in [0.717, 1.165) is 37.4 Å². The van der Waals surface area contributed by atoms with Crippen LogP contribution in [0.3, 0.4) is 0 Å². The van der Waals surface area contributed by atoms with Gasteiger partial charge in [-0.15, -0.1) is 0 Å². The monoisotopic (exact) mass is 354 g/mol. The maximum absolute atomic E-state index is 12.1. The smallest absolute Gasteiger partial charge is 0.332 e. The summed E-state index contributed by atoms with van der Waals surface area (Å²) in [6, 6.07) is 9.48. The van der Waals surface area contributed by atoms with Gasteiger partial charge >= 0.3 is 11.9 Å². The molecule has 1 aromatic carbocycles. The van der Waals surface area contributed by atoms with Crippen LogP contribution < -0.4 is 0 Å². The quantitative estimate of drug-likeness (QED) is 0.806. The number of nitriles is 1. The average Bonchev–Trinajstić information content (AvgIpc) is 2.95. The molecule has 0 bridgehead atoms. The largest absolute Gasteiger partial charge is 0.478 e. The standard InChI is InChI=1S/C20H22N2O4/c1-22-11-14-6-4-8-16(15-7-3-2-5-13(15)10-21)20(14,12-22)17(19(25)26)9-18(23)24/h2-3,5,7,9,14,16H,4,6,8,11-12H2,1H3,(H,23,24)(H,25,26)/t14-,16+,20-/m0/s1. The van der Waals surface area contributed by atoms with Crippen molar-refractivity contribution < 1.29 is 19.8 Å². The van der Waals surface area contributed by atoms with Gasteiger partial charge in [-0.1, -0.05) is 24.6 Å². The van der Waals surface area contributed by atoms with Crippen LogP contribution in [0.25, 0.3) is 0 Å². The van der Waals surface area contributed by atoms with Gasteiger partial charge in [0.15, 0.2) is 0 Å². The summed E-state index contributed by atoms with van der Waals surface area (Å²) in [5.74, 6) is -2.57. The van der Waals surface area contributed by atoms with E-state index in [0.29, 0.717) is 12.1 Å². The average molecular weight is 354 g/mol. The van der Waals surface area contributed by atoms with E-state index in [2.05, 4.69) is 11.0 Å². The molecule has 6 nitrogen and oxygen atoms in total. The zero-order chi connectivity index (χ0) is 18.9. The van der Waals surface area contributed by atoms with Gasteiger partial charge in [-0.25, -0.2) is 9.59 Å². The van der Waals surface area contributed by atoms with Crippen LogP contribution in [0.5, 0.6) is 0 Å². The van der Waals surface area contributed by atoms with E-state index in [9.17, 15) is 25.1 Å². The highest BCUT2D eigenvalue weighted by Crippen LogP contribution is 2.58. The van der Waals surface area contributed by atoms with Crippen LogP contribution in [0.2, 0.25) is 0 Å². The first-order chi connectivity index (χ1) is 12.4. The van der Waals surface area contributed by atoms with Crippen LogP contribution in [0, 0.1) is 22.7 Å². The van der Waals surface area contributed by atoms with Crippen LogP contribution >= 0.6 is 0 Å². The fourth-order valence-corrected chi connectivity index (χ4v) is 5.10. The molecule has 1 aliphatic carbocycles. The summed E-state index contributed by atoms with van der Waals surface area (Å²) in [4.78, 5) is 25.6. The SMILES string of the molecule is CN1C[C@@H]2CCC[C@H](c3ccccc3C#N)[C@]2(C(=CC(=O)O)C(=O)O)C1. The fraction of sp³-hybridized carbons (Fsp3) is 0.450. The van der Waals surface area contributed by atoms with E-state index in [-0.39, 0.29) is 17.4 Å². The molecule has 3 rings (SSSR count). The van der Waals surface area contributed by atoms with Crippen LogP contribution in [0.15, 0.2) is 35.9 Å². The lowest BCUT2D eigenvalue weighted by molar-refractivity contribution is -0.136. The Hall–Kier alpha value is -2.65. The van der Waals surface area contributed by atoms with E-state index >= 15 is 0 Å². The lowest BCUT2D eigenvalue weighted by atomic mass is 9.56. The van der Waals surface area contributed by atoms with Gasteiger partial charge in [-0.05, 0) is 43.4 Å². The number of carboxylic acids is 2. The van der Waals surface area contributed by atoms with Gasteiger partial charge in [0.2, 0.25) is 0 Å². The normalized spacial score (nSPS) is 29.0. The molecule has 0 aromatic heterocycles. The highest BCUT2D eigenvalue weighted by molar-refractivity contribution is 5.96. The Balaban J connectivity index is 2.24. The van der Waals surface area contributed by atoms with Crippen molar-refractivity contribution in [2.24, 2.45) is 11.3 Å². The van der Waals surface area contributed by atoms with E-state index in [4.69, 9.17) is 0 Å². The maximum Gasteiger partial charge on any atom is 0.332 e. The van der Waals surface area contributed by atoms with Crippen molar-refractivity contribution in [3.05, 3.63) is 47.0 Å². The molecule has 1 aliphatic heterocycles. The third-order valence-corrected chi connectivity index (χ3v) is 5.92. The van der Waals surface area contributed by atoms with E-state index in [1.165, 1.54) is 0 Å². The first kappa shape index (κ1) is 18.2. The second kappa shape index (κ2) is 6.93. The third kappa shape index (κ3) is 2.89. The Morgan fingerprint density at radius 3 is 2.69 bits per heavy atom. The summed E-state index contributed by atoms with van der Waals surface area (Å²) in [6.07, 6.45) is 3.40. The van der Waals surface area contributed by atoms with Gasteiger partial charge in [0.05, 0.1) is 17.2 Å². The second-order valence-corrected chi connectivity index (χ2v) is 7.32. The summed E-state index contributed by atoms with van der Waals surface area (Å²) in [5, 5.41) is 28.7. The lowest BCUT2D eigenvalue weighted by Gasteiger charge is -2.46. The molecular formula is C20H22N2O4. The number of benzene rings is 1. The minimum absolute atomic E-state index is 0.0446. The molecular weight excluding hydrogens is 332 g/mol. The molecule has 2 N–H and O–H groups in total. The molecule has 0 spiro atoms. The van der Waals surface area contributed by atoms with Gasteiger partial charge in [-0.3, -0.25) is 0 Å². The van der Waals surface area contributed by atoms with Crippen molar-refractivity contribution in [1.29, 1.82) is 5.26 Å². The van der Waals surface area contributed by atoms with Crippen molar-refractivity contribution in [1.82, 2.24) is 4.90 Å². The molecule has 136 valence electrons. The summed E-state index contributed by atoms with van der Waals surface area (Å²) >= 11 is 0. The Labute approximate surface area is 152 Å². The number of rotatable bonds is 4. The van der Waals surface area contributed by atoms with E-state index in [1.54, 1.807) is 12.1 Å². The molecule has 1 saturated heterocycles. The zero-order valence-corrected chi connectivity index (χ0v) is 14.7. The van der Waals surface area contributed by atoms with Gasteiger partial charge in [-0.2, -0.15) is 5.26 Å². The molecule has 1 heterocycles. The van der Waals surface area contributed by atoms with Crippen molar-refractivity contribution in [3.63, 3.8) is 0 Å². The molecule has 6 heteroatoms. The summed E-state index contributed by atoms with van der Waals surface area (Å²) in [7, 11) is 1.94. The summed E-state index contributed by atoms with van der Waals surface area (Å²) in [5.41, 5.74) is 0.515. The number of hydrogen-bond acceptors (Lipinski definition) is 4. The number of carboxylic acid groups (broad SMARTS) is 2. The van der Waals surface area contributed by atoms with Crippen LogP contribution in [0.4, 0.5) is 0 Å². The fourth-order valence-electron chi connectivity index (χ4n) is 5.10. The number of carbonyl (C=O) groups is 2. The lowest BCUT2D eigenvalue weighted by Crippen LogP contribution is -2.44. The summed E-state index contributed by atoms with van der Waals surface area (Å²) in [6.45, 7) is 1.21. The van der Waals surface area contributed by atoms with Crippen molar-refractivity contribution in [2.45, 2.75) is 25.2 Å². The molecule has 1 saturated carbocycles. The third-order valence-electron chi connectivity index (χ3n) is 5.92. The molecule has 1 aromatic rings. The Morgan fingerprint density at radius 2 is 2.04 bits per heavy atom. The van der Waals surface area contributed by atoms with E-state index in [1.807, 2.05) is 19.2 Å². The predicted molar refractivity (Wildman–Crippen MR) is 94.5 cm³/mol.